The molecule has 1 heterocycles. The molecule has 0 unspecified atom stereocenters. The largest absolute Gasteiger partial charge is 0.573 e. The standard InChI is InChI=1S/C17H25F3N4O2/c1-21-16(23-8-9-24-10-12-25-13-11-24)22-7-6-14-2-4-15(5-3-14)26-17(18,19)20/h2-5H,6-13H2,1H3,(H2,21,22,23). The first-order valence-electron chi connectivity index (χ1n) is 8.55. The molecule has 0 radical (unpaired) electrons. The van der Waals surface area contributed by atoms with Gasteiger partial charge in [-0.1, -0.05) is 12.1 Å². The van der Waals surface area contributed by atoms with Gasteiger partial charge in [-0.15, -0.1) is 13.2 Å². The fourth-order valence-electron chi connectivity index (χ4n) is 2.56. The maximum atomic E-state index is 12.1. The molecule has 1 saturated heterocycles. The summed E-state index contributed by atoms with van der Waals surface area (Å²) in [6, 6.07) is 5.88. The van der Waals surface area contributed by atoms with E-state index in [0.717, 1.165) is 45.0 Å². The van der Waals surface area contributed by atoms with E-state index >= 15 is 0 Å². The average Bonchev–Trinajstić information content (AvgIpc) is 2.61. The number of ether oxygens (including phenoxy) is 2. The van der Waals surface area contributed by atoms with Crippen LogP contribution in [0.15, 0.2) is 29.3 Å². The number of nitrogens with one attached hydrogen (secondary N) is 2. The van der Waals surface area contributed by atoms with Crippen LogP contribution in [0.2, 0.25) is 0 Å². The zero-order valence-corrected chi connectivity index (χ0v) is 14.8. The summed E-state index contributed by atoms with van der Waals surface area (Å²) in [6.07, 6.45) is -4.00. The summed E-state index contributed by atoms with van der Waals surface area (Å²) in [7, 11) is 1.70. The fraction of sp³-hybridized carbons (Fsp3) is 0.588. The van der Waals surface area contributed by atoms with Crippen molar-refractivity contribution < 1.29 is 22.6 Å². The number of hydrogen-bond acceptors (Lipinski definition) is 4. The van der Waals surface area contributed by atoms with E-state index in [1.807, 2.05) is 0 Å². The highest BCUT2D eigenvalue weighted by Crippen LogP contribution is 2.22. The first-order chi connectivity index (χ1) is 12.5. The molecule has 146 valence electrons. The normalized spacial score (nSPS) is 16.4. The summed E-state index contributed by atoms with van der Waals surface area (Å²) in [4.78, 5) is 6.49. The molecule has 1 aliphatic heterocycles. The van der Waals surface area contributed by atoms with Crippen LogP contribution in [-0.4, -0.2) is 70.2 Å². The predicted molar refractivity (Wildman–Crippen MR) is 93.5 cm³/mol. The van der Waals surface area contributed by atoms with Crippen molar-refractivity contribution in [3.05, 3.63) is 29.8 Å². The minimum atomic E-state index is -4.66. The minimum Gasteiger partial charge on any atom is -0.406 e. The molecule has 6 nitrogen and oxygen atoms in total. The number of morpholine rings is 1. The Hall–Kier alpha value is -2.00. The molecule has 2 N–H and O–H groups in total. The van der Waals surface area contributed by atoms with Crippen LogP contribution in [0.4, 0.5) is 13.2 Å². The van der Waals surface area contributed by atoms with Gasteiger partial charge in [0.05, 0.1) is 13.2 Å². The quantitative estimate of drug-likeness (QED) is 0.561. The number of aliphatic imine (C=N–C) groups is 1. The lowest BCUT2D eigenvalue weighted by Gasteiger charge is -2.26. The van der Waals surface area contributed by atoms with Crippen LogP contribution < -0.4 is 15.4 Å². The Bertz CT molecular complexity index is 558. The van der Waals surface area contributed by atoms with Crippen molar-refractivity contribution in [2.45, 2.75) is 12.8 Å². The topological polar surface area (TPSA) is 58.1 Å². The molecule has 0 bridgehead atoms. The van der Waals surface area contributed by atoms with Crippen LogP contribution in [0, 0.1) is 0 Å². The van der Waals surface area contributed by atoms with E-state index in [9.17, 15) is 13.2 Å². The second-order valence-electron chi connectivity index (χ2n) is 5.82. The molecule has 0 spiro atoms. The van der Waals surface area contributed by atoms with Gasteiger partial charge in [0.1, 0.15) is 5.75 Å². The zero-order valence-electron chi connectivity index (χ0n) is 14.8. The van der Waals surface area contributed by atoms with Crippen LogP contribution in [0.5, 0.6) is 5.75 Å². The van der Waals surface area contributed by atoms with Crippen molar-refractivity contribution >= 4 is 5.96 Å². The number of hydrogen-bond donors (Lipinski definition) is 2. The molecule has 1 aromatic rings. The lowest BCUT2D eigenvalue weighted by atomic mass is 10.1. The fourth-order valence-corrected chi connectivity index (χ4v) is 2.56. The number of halogens is 3. The van der Waals surface area contributed by atoms with Crippen molar-refractivity contribution in [1.29, 1.82) is 0 Å². The van der Waals surface area contributed by atoms with E-state index in [0.29, 0.717) is 18.9 Å². The molecule has 0 saturated carbocycles. The molecule has 26 heavy (non-hydrogen) atoms. The molecular weight excluding hydrogens is 349 g/mol. The summed E-state index contributed by atoms with van der Waals surface area (Å²) >= 11 is 0. The molecule has 1 aliphatic rings. The Kier molecular flexibility index (Phi) is 7.99. The van der Waals surface area contributed by atoms with Crippen molar-refractivity contribution in [3.63, 3.8) is 0 Å². The average molecular weight is 374 g/mol. The minimum absolute atomic E-state index is 0.213. The van der Waals surface area contributed by atoms with E-state index < -0.39 is 6.36 Å². The van der Waals surface area contributed by atoms with Gasteiger partial charge in [0.2, 0.25) is 0 Å². The van der Waals surface area contributed by atoms with Gasteiger partial charge in [0.15, 0.2) is 5.96 Å². The van der Waals surface area contributed by atoms with E-state index in [4.69, 9.17) is 4.74 Å². The zero-order chi connectivity index (χ0) is 18.8. The van der Waals surface area contributed by atoms with Crippen molar-refractivity contribution in [1.82, 2.24) is 15.5 Å². The van der Waals surface area contributed by atoms with Gasteiger partial charge < -0.3 is 20.1 Å². The second-order valence-corrected chi connectivity index (χ2v) is 5.82. The van der Waals surface area contributed by atoms with Gasteiger partial charge >= 0.3 is 6.36 Å². The molecule has 0 aromatic heterocycles. The number of rotatable bonds is 7. The number of guanidine groups is 1. The second kappa shape index (κ2) is 10.2. The molecule has 0 atom stereocenters. The molecule has 2 rings (SSSR count). The molecule has 0 aliphatic carbocycles. The first-order valence-corrected chi connectivity index (χ1v) is 8.55. The third-order valence-electron chi connectivity index (χ3n) is 3.91. The highest BCUT2D eigenvalue weighted by molar-refractivity contribution is 5.79. The van der Waals surface area contributed by atoms with E-state index in [1.54, 1.807) is 19.2 Å². The molecule has 1 fully saturated rings. The van der Waals surface area contributed by atoms with Crippen molar-refractivity contribution in [3.8, 4) is 5.75 Å². The smallest absolute Gasteiger partial charge is 0.406 e. The third-order valence-corrected chi connectivity index (χ3v) is 3.91. The summed E-state index contributed by atoms with van der Waals surface area (Å²) in [5.74, 6) is 0.491. The van der Waals surface area contributed by atoms with E-state index in [-0.39, 0.29) is 5.75 Å². The van der Waals surface area contributed by atoms with Gasteiger partial charge in [-0.3, -0.25) is 9.89 Å². The van der Waals surface area contributed by atoms with Gasteiger partial charge in [-0.05, 0) is 24.1 Å². The molecule has 9 heteroatoms. The van der Waals surface area contributed by atoms with Crippen molar-refractivity contribution in [2.24, 2.45) is 4.99 Å². The molecule has 0 amide bonds. The van der Waals surface area contributed by atoms with Gasteiger partial charge in [-0.2, -0.15) is 0 Å². The van der Waals surface area contributed by atoms with Crippen LogP contribution in [0.25, 0.3) is 0 Å². The summed E-state index contributed by atoms with van der Waals surface area (Å²) in [5.41, 5.74) is 0.913. The summed E-state index contributed by atoms with van der Waals surface area (Å²) < 4.78 is 45.6. The molecular formula is C17H25F3N4O2. The van der Waals surface area contributed by atoms with Gasteiger partial charge in [0, 0.05) is 39.8 Å². The van der Waals surface area contributed by atoms with Crippen molar-refractivity contribution in [2.75, 3.05) is 53.0 Å². The van der Waals surface area contributed by atoms with Crippen LogP contribution >= 0.6 is 0 Å². The number of nitrogens with zero attached hydrogens (tertiary/aromatic N) is 2. The predicted octanol–water partition coefficient (Wildman–Crippen LogP) is 1.62. The van der Waals surface area contributed by atoms with E-state index in [1.165, 1.54) is 12.1 Å². The Labute approximate surface area is 151 Å². The number of alkyl halides is 3. The van der Waals surface area contributed by atoms with Crippen LogP contribution in [-0.2, 0) is 11.2 Å². The highest BCUT2D eigenvalue weighted by atomic mass is 19.4. The third kappa shape index (κ3) is 7.92. The van der Waals surface area contributed by atoms with Gasteiger partial charge in [-0.25, -0.2) is 0 Å². The Morgan fingerprint density at radius 1 is 1.15 bits per heavy atom. The van der Waals surface area contributed by atoms with Gasteiger partial charge in [0.25, 0.3) is 0 Å². The molecule has 1 aromatic carbocycles. The lowest BCUT2D eigenvalue weighted by Crippen LogP contribution is -2.44. The Morgan fingerprint density at radius 2 is 1.81 bits per heavy atom. The SMILES string of the molecule is CN=C(NCCc1ccc(OC(F)(F)F)cc1)NCCN1CCOCC1. The maximum Gasteiger partial charge on any atom is 0.573 e. The van der Waals surface area contributed by atoms with E-state index in [2.05, 4.69) is 25.3 Å². The first kappa shape index (κ1) is 20.3. The Balaban J connectivity index is 1.65. The summed E-state index contributed by atoms with van der Waals surface area (Å²) in [5, 5.41) is 6.44. The maximum absolute atomic E-state index is 12.1. The lowest BCUT2D eigenvalue weighted by molar-refractivity contribution is -0.274. The highest BCUT2D eigenvalue weighted by Gasteiger charge is 2.30. The van der Waals surface area contributed by atoms with Crippen LogP contribution in [0.3, 0.4) is 0 Å². The summed E-state index contributed by atoms with van der Waals surface area (Å²) in [6.45, 7) is 5.77. The number of benzene rings is 1. The van der Waals surface area contributed by atoms with Crippen LogP contribution in [0.1, 0.15) is 5.56 Å². The Morgan fingerprint density at radius 3 is 2.42 bits per heavy atom. The monoisotopic (exact) mass is 374 g/mol.